The monoisotopic (exact) mass is 517 g/mol. The molecule has 10 heteroatoms. The summed E-state index contributed by atoms with van der Waals surface area (Å²) in [4.78, 5) is 58.5. The lowest BCUT2D eigenvalue weighted by Crippen LogP contribution is -2.73. The van der Waals surface area contributed by atoms with Crippen LogP contribution in [0.4, 0.5) is 15.3 Å². The van der Waals surface area contributed by atoms with E-state index in [1.54, 1.807) is 51.1 Å². The molecule has 10 nitrogen and oxygen atoms in total. The molecule has 2 saturated heterocycles. The average Bonchev–Trinajstić information content (AvgIpc) is 3.27. The van der Waals surface area contributed by atoms with Crippen LogP contribution >= 0.6 is 0 Å². The number of imide groups is 1. The number of nitrogens with zero attached hydrogens (tertiary/aromatic N) is 2. The maximum atomic E-state index is 13.9. The molecule has 5 amide bonds. The van der Waals surface area contributed by atoms with Crippen LogP contribution in [0.25, 0.3) is 10.9 Å². The average molecular weight is 518 g/mol. The maximum absolute atomic E-state index is 13.9. The number of carbonyl (C=O) groups is 4. The first-order valence-electron chi connectivity index (χ1n) is 12.6. The fourth-order valence-electron chi connectivity index (χ4n) is 5.17. The normalized spacial score (nSPS) is 20.7. The quantitative estimate of drug-likeness (QED) is 0.479. The SMILES string of the molecule is CC(C)(C)OC(=O)N[C@@H](Cc1c[nH]c2ccccc12)[C@@H]1CNC(=O)[C@@H]2CC(=O)N(c3ccccc3)C(=O)N21. The zero-order valence-electron chi connectivity index (χ0n) is 21.6. The van der Waals surface area contributed by atoms with Crippen molar-refractivity contribution in [1.29, 1.82) is 0 Å². The molecule has 0 saturated carbocycles. The highest BCUT2D eigenvalue weighted by Gasteiger charge is 2.50. The van der Waals surface area contributed by atoms with Crippen LogP contribution in [0.3, 0.4) is 0 Å². The van der Waals surface area contributed by atoms with E-state index in [4.69, 9.17) is 4.74 Å². The van der Waals surface area contributed by atoms with Crippen LogP contribution in [0.1, 0.15) is 32.8 Å². The largest absolute Gasteiger partial charge is 0.444 e. The van der Waals surface area contributed by atoms with Gasteiger partial charge in [0.1, 0.15) is 11.6 Å². The van der Waals surface area contributed by atoms with Gasteiger partial charge >= 0.3 is 12.1 Å². The number of carbonyl (C=O) groups excluding carboxylic acids is 4. The van der Waals surface area contributed by atoms with Gasteiger partial charge in [0.15, 0.2) is 0 Å². The molecule has 0 unspecified atom stereocenters. The van der Waals surface area contributed by atoms with Crippen LogP contribution in [0, 0.1) is 0 Å². The smallest absolute Gasteiger partial charge is 0.407 e. The molecule has 2 aliphatic heterocycles. The summed E-state index contributed by atoms with van der Waals surface area (Å²) in [5, 5.41) is 6.79. The number of aromatic nitrogens is 1. The van der Waals surface area contributed by atoms with Crippen LogP contribution in [-0.4, -0.2) is 64.1 Å². The van der Waals surface area contributed by atoms with Gasteiger partial charge in [-0.05, 0) is 51.0 Å². The molecule has 3 atom stereocenters. The van der Waals surface area contributed by atoms with Crippen molar-refractivity contribution in [2.45, 2.75) is 57.3 Å². The summed E-state index contributed by atoms with van der Waals surface area (Å²) in [5.74, 6) is -0.842. The van der Waals surface area contributed by atoms with Gasteiger partial charge in [0.05, 0.1) is 24.2 Å². The van der Waals surface area contributed by atoms with Crippen molar-refractivity contribution in [3.63, 3.8) is 0 Å². The lowest BCUT2D eigenvalue weighted by Gasteiger charge is -2.48. The molecule has 198 valence electrons. The molecule has 0 spiro atoms. The number of para-hydroxylation sites is 2. The van der Waals surface area contributed by atoms with E-state index in [2.05, 4.69) is 15.6 Å². The number of hydrogen-bond acceptors (Lipinski definition) is 5. The first-order valence-corrected chi connectivity index (χ1v) is 12.6. The molecular formula is C28H31N5O5. The van der Waals surface area contributed by atoms with Gasteiger partial charge in [0, 0.05) is 23.6 Å². The zero-order chi connectivity index (χ0) is 27.0. The number of alkyl carbamates (subject to hydrolysis) is 1. The molecular weight excluding hydrogens is 486 g/mol. The van der Waals surface area contributed by atoms with Gasteiger partial charge in [-0.25, -0.2) is 14.5 Å². The van der Waals surface area contributed by atoms with Crippen molar-refractivity contribution < 1.29 is 23.9 Å². The van der Waals surface area contributed by atoms with E-state index in [1.807, 2.05) is 30.5 Å². The Hall–Kier alpha value is -4.34. The third-order valence-electron chi connectivity index (χ3n) is 6.81. The Labute approximate surface area is 220 Å². The zero-order valence-corrected chi connectivity index (χ0v) is 21.6. The van der Waals surface area contributed by atoms with Gasteiger partial charge in [0.2, 0.25) is 11.8 Å². The second-order valence-corrected chi connectivity index (χ2v) is 10.6. The number of ether oxygens (including phenoxy) is 1. The van der Waals surface area contributed by atoms with E-state index in [0.29, 0.717) is 12.1 Å². The molecule has 3 N–H and O–H groups in total. The van der Waals surface area contributed by atoms with E-state index in [-0.39, 0.29) is 13.0 Å². The summed E-state index contributed by atoms with van der Waals surface area (Å²) in [7, 11) is 0. The number of fused-ring (bicyclic) bond motifs is 2. The van der Waals surface area contributed by atoms with Gasteiger partial charge in [-0.15, -0.1) is 0 Å². The van der Waals surface area contributed by atoms with Crippen LogP contribution in [0.2, 0.25) is 0 Å². The molecule has 1 aromatic heterocycles. The van der Waals surface area contributed by atoms with Crippen molar-refractivity contribution in [2.24, 2.45) is 0 Å². The second-order valence-electron chi connectivity index (χ2n) is 10.6. The Morgan fingerprint density at radius 3 is 2.53 bits per heavy atom. The fourth-order valence-corrected chi connectivity index (χ4v) is 5.17. The summed E-state index contributed by atoms with van der Waals surface area (Å²) in [6.45, 7) is 5.43. The Balaban J connectivity index is 1.51. The number of aromatic amines is 1. The van der Waals surface area contributed by atoms with Crippen LogP contribution in [0.15, 0.2) is 60.8 Å². The number of nitrogens with one attached hydrogen (secondary N) is 3. The number of anilines is 1. The van der Waals surface area contributed by atoms with Crippen LogP contribution < -0.4 is 15.5 Å². The molecule has 2 aliphatic rings. The molecule has 38 heavy (non-hydrogen) atoms. The van der Waals surface area contributed by atoms with Gasteiger partial charge in [0.25, 0.3) is 0 Å². The first kappa shape index (κ1) is 25.3. The van der Waals surface area contributed by atoms with Gasteiger partial charge in [-0.1, -0.05) is 36.4 Å². The van der Waals surface area contributed by atoms with Crippen LogP contribution in [-0.2, 0) is 20.7 Å². The van der Waals surface area contributed by atoms with Crippen molar-refractivity contribution in [3.8, 4) is 0 Å². The molecule has 3 aromatic rings. The topological polar surface area (TPSA) is 124 Å². The summed E-state index contributed by atoms with van der Waals surface area (Å²) < 4.78 is 5.54. The van der Waals surface area contributed by atoms with Crippen molar-refractivity contribution in [3.05, 3.63) is 66.4 Å². The predicted octanol–water partition coefficient (Wildman–Crippen LogP) is 3.33. The molecule has 0 bridgehead atoms. The summed E-state index contributed by atoms with van der Waals surface area (Å²) in [6, 6.07) is 13.6. The van der Waals surface area contributed by atoms with E-state index < -0.39 is 47.7 Å². The lowest BCUT2D eigenvalue weighted by molar-refractivity contribution is -0.135. The summed E-state index contributed by atoms with van der Waals surface area (Å²) in [6.07, 6.45) is 1.45. The highest BCUT2D eigenvalue weighted by atomic mass is 16.6. The van der Waals surface area contributed by atoms with E-state index >= 15 is 0 Å². The Bertz CT molecular complexity index is 1380. The lowest BCUT2D eigenvalue weighted by atomic mass is 9.92. The van der Waals surface area contributed by atoms with E-state index in [0.717, 1.165) is 21.4 Å². The minimum Gasteiger partial charge on any atom is -0.444 e. The number of benzene rings is 2. The van der Waals surface area contributed by atoms with Gasteiger partial charge in [-0.3, -0.25) is 9.59 Å². The number of piperazine rings is 1. The van der Waals surface area contributed by atoms with E-state index in [9.17, 15) is 19.2 Å². The Morgan fingerprint density at radius 2 is 1.79 bits per heavy atom. The summed E-state index contributed by atoms with van der Waals surface area (Å²) in [5.41, 5.74) is 1.59. The third kappa shape index (κ3) is 4.93. The molecule has 0 radical (unpaired) electrons. The molecule has 3 heterocycles. The van der Waals surface area contributed by atoms with E-state index in [1.165, 1.54) is 4.90 Å². The molecule has 5 rings (SSSR count). The molecule has 0 aliphatic carbocycles. The Morgan fingerprint density at radius 1 is 1.08 bits per heavy atom. The predicted molar refractivity (Wildman–Crippen MR) is 142 cm³/mol. The maximum Gasteiger partial charge on any atom is 0.407 e. The number of hydrogen-bond donors (Lipinski definition) is 3. The molecule has 2 aromatic carbocycles. The van der Waals surface area contributed by atoms with Crippen LogP contribution in [0.5, 0.6) is 0 Å². The fraction of sp³-hybridized carbons (Fsp3) is 0.357. The van der Waals surface area contributed by atoms with Gasteiger partial charge in [-0.2, -0.15) is 0 Å². The Kier molecular flexibility index (Phi) is 6.56. The highest BCUT2D eigenvalue weighted by Crippen LogP contribution is 2.30. The second kappa shape index (κ2) is 9.85. The number of H-pyrrole nitrogens is 1. The minimum atomic E-state index is -0.973. The van der Waals surface area contributed by atoms with Crippen molar-refractivity contribution in [1.82, 2.24) is 20.5 Å². The highest BCUT2D eigenvalue weighted by molar-refractivity contribution is 6.18. The third-order valence-corrected chi connectivity index (χ3v) is 6.81. The summed E-state index contributed by atoms with van der Waals surface area (Å²) >= 11 is 0. The molecule has 2 fully saturated rings. The van der Waals surface area contributed by atoms with Crippen molar-refractivity contribution in [2.75, 3.05) is 11.4 Å². The standard InChI is InChI=1S/C28H31N5O5/c1-28(2,3)38-26(36)31-21(13-17-15-29-20-12-8-7-11-19(17)20)23-16-30-25(35)22-14-24(34)32(27(37)33(22)23)18-9-5-4-6-10-18/h4-12,15,21-23,29H,13-14,16H2,1-3H3,(H,30,35)(H,31,36)/t21-,22-,23-/m0/s1. The van der Waals surface area contributed by atoms with Crippen molar-refractivity contribution >= 4 is 40.5 Å². The number of amides is 5. The number of rotatable bonds is 5. The minimum absolute atomic E-state index is 0.112. The first-order chi connectivity index (χ1) is 18.1. The van der Waals surface area contributed by atoms with Gasteiger partial charge < -0.3 is 25.3 Å². The number of urea groups is 1.